The molecule has 1 aliphatic rings. The number of hydrogen-bond acceptors (Lipinski definition) is 5. The number of ether oxygens (including phenoxy) is 1. The van der Waals surface area contributed by atoms with E-state index in [9.17, 15) is 0 Å². The molecule has 2 rings (SSSR count). The van der Waals surface area contributed by atoms with Crippen molar-refractivity contribution in [3.05, 3.63) is 5.56 Å². The highest BCUT2D eigenvalue weighted by Crippen LogP contribution is 2.31. The fraction of sp³-hybridized carbons (Fsp3) is 0.667. The second kappa shape index (κ2) is 3.74. The molecule has 1 aromatic rings. The highest BCUT2D eigenvalue weighted by Gasteiger charge is 2.29. The van der Waals surface area contributed by atoms with E-state index in [0.29, 0.717) is 18.0 Å². The molecule has 0 aromatic carbocycles. The normalized spacial score (nSPS) is 25.9. The summed E-state index contributed by atoms with van der Waals surface area (Å²) in [7, 11) is 1.76. The van der Waals surface area contributed by atoms with Crippen LogP contribution < -0.4 is 11.1 Å². The largest absolute Gasteiger partial charge is 0.383 e. The van der Waals surface area contributed by atoms with E-state index in [2.05, 4.69) is 9.69 Å². The highest BCUT2D eigenvalue weighted by molar-refractivity contribution is 7.10. The number of methoxy groups -OCH3 is 1. The Labute approximate surface area is 87.6 Å². The van der Waals surface area contributed by atoms with Crippen LogP contribution in [0.4, 0.5) is 10.8 Å². The van der Waals surface area contributed by atoms with Gasteiger partial charge in [-0.3, -0.25) is 0 Å². The van der Waals surface area contributed by atoms with E-state index in [4.69, 9.17) is 10.5 Å². The number of nitrogens with two attached hydrogens (primary N) is 1. The lowest BCUT2D eigenvalue weighted by atomic mass is 9.89. The van der Waals surface area contributed by atoms with E-state index < -0.39 is 0 Å². The van der Waals surface area contributed by atoms with Gasteiger partial charge in [0.15, 0.2) is 0 Å². The molecule has 78 valence electrons. The predicted molar refractivity (Wildman–Crippen MR) is 58.7 cm³/mol. The molecule has 0 radical (unpaired) electrons. The lowest BCUT2D eigenvalue weighted by Crippen LogP contribution is -2.40. The predicted octanol–water partition coefficient (Wildman–Crippen LogP) is 1.62. The molecule has 0 spiro atoms. The Morgan fingerprint density at radius 2 is 2.29 bits per heavy atom. The van der Waals surface area contributed by atoms with Crippen molar-refractivity contribution in [2.45, 2.75) is 31.9 Å². The molecule has 3 N–H and O–H groups in total. The van der Waals surface area contributed by atoms with E-state index in [-0.39, 0.29) is 0 Å². The number of nitrogen functional groups attached to an aromatic ring is 1. The smallest absolute Gasteiger partial charge is 0.142 e. The maximum atomic E-state index is 5.66. The van der Waals surface area contributed by atoms with Crippen LogP contribution in [-0.4, -0.2) is 23.6 Å². The van der Waals surface area contributed by atoms with Gasteiger partial charge in [-0.25, -0.2) is 0 Å². The Hall–Kier alpha value is -0.810. The molecule has 0 bridgehead atoms. The molecule has 1 saturated carbocycles. The molecule has 0 aliphatic heterocycles. The minimum absolute atomic E-state index is 0.429. The van der Waals surface area contributed by atoms with E-state index in [1.807, 2.05) is 6.92 Å². The topological polar surface area (TPSA) is 60.2 Å². The lowest BCUT2D eigenvalue weighted by Gasteiger charge is -2.34. The van der Waals surface area contributed by atoms with Gasteiger partial charge in [0.2, 0.25) is 0 Å². The molecule has 0 unspecified atom stereocenters. The summed E-state index contributed by atoms with van der Waals surface area (Å²) >= 11 is 1.44. The third-order valence-electron chi connectivity index (χ3n) is 2.72. The summed E-state index contributed by atoms with van der Waals surface area (Å²) in [5.41, 5.74) is 6.73. The van der Waals surface area contributed by atoms with Crippen LogP contribution >= 0.6 is 11.5 Å². The average Bonchev–Trinajstić information content (AvgIpc) is 2.41. The summed E-state index contributed by atoms with van der Waals surface area (Å²) < 4.78 is 9.31. The van der Waals surface area contributed by atoms with Gasteiger partial charge >= 0.3 is 0 Å². The fourth-order valence-electron chi connectivity index (χ4n) is 1.54. The third kappa shape index (κ3) is 1.69. The van der Waals surface area contributed by atoms with Gasteiger partial charge in [0, 0.05) is 18.7 Å². The standard InChI is InChI=1S/C9H15N3OS/c1-5-8(10)12-14-9(5)11-6-3-7(4-6)13-2/h6-7,11H,3-4H2,1-2H3,(H2,10,12). The van der Waals surface area contributed by atoms with Crippen molar-refractivity contribution >= 4 is 22.4 Å². The first-order valence-electron chi connectivity index (χ1n) is 4.71. The van der Waals surface area contributed by atoms with Gasteiger partial charge in [-0.1, -0.05) is 0 Å². The lowest BCUT2D eigenvalue weighted by molar-refractivity contribution is 0.0329. The second-order valence-corrected chi connectivity index (χ2v) is 4.47. The number of rotatable bonds is 3. The molecule has 14 heavy (non-hydrogen) atoms. The van der Waals surface area contributed by atoms with Crippen molar-refractivity contribution in [2.75, 3.05) is 18.2 Å². The number of nitrogens with one attached hydrogen (secondary N) is 1. The first kappa shape index (κ1) is 9.73. The summed E-state index contributed by atoms with van der Waals surface area (Å²) in [5.74, 6) is 0.639. The van der Waals surface area contributed by atoms with Crippen molar-refractivity contribution in [2.24, 2.45) is 0 Å². The summed E-state index contributed by atoms with van der Waals surface area (Å²) in [6.07, 6.45) is 2.58. The van der Waals surface area contributed by atoms with Crippen LogP contribution in [0.3, 0.4) is 0 Å². The number of anilines is 2. The van der Waals surface area contributed by atoms with Crippen LogP contribution in [0.2, 0.25) is 0 Å². The first-order chi connectivity index (χ1) is 6.70. The van der Waals surface area contributed by atoms with E-state index in [0.717, 1.165) is 23.4 Å². The van der Waals surface area contributed by atoms with E-state index in [1.54, 1.807) is 7.11 Å². The monoisotopic (exact) mass is 213 g/mol. The first-order valence-corrected chi connectivity index (χ1v) is 5.49. The van der Waals surface area contributed by atoms with Crippen molar-refractivity contribution < 1.29 is 4.74 Å². The fourth-order valence-corrected chi connectivity index (χ4v) is 2.33. The number of hydrogen-bond donors (Lipinski definition) is 2. The van der Waals surface area contributed by atoms with Gasteiger partial charge in [-0.2, -0.15) is 4.37 Å². The Morgan fingerprint density at radius 1 is 1.57 bits per heavy atom. The van der Waals surface area contributed by atoms with Gasteiger partial charge in [0.1, 0.15) is 10.8 Å². The number of nitrogens with zero attached hydrogens (tertiary/aromatic N) is 1. The summed E-state index contributed by atoms with van der Waals surface area (Å²) in [6, 6.07) is 0.526. The molecule has 1 heterocycles. The molecule has 0 saturated heterocycles. The molecule has 5 heteroatoms. The van der Waals surface area contributed by atoms with Crippen molar-refractivity contribution in [3.63, 3.8) is 0 Å². The molecule has 4 nitrogen and oxygen atoms in total. The Morgan fingerprint density at radius 3 is 2.79 bits per heavy atom. The average molecular weight is 213 g/mol. The third-order valence-corrected chi connectivity index (χ3v) is 3.62. The van der Waals surface area contributed by atoms with Crippen molar-refractivity contribution in [3.8, 4) is 0 Å². The molecular weight excluding hydrogens is 198 g/mol. The number of aromatic nitrogens is 1. The molecule has 1 aliphatic carbocycles. The molecule has 1 fully saturated rings. The molecule has 0 amide bonds. The summed E-state index contributed by atoms with van der Waals surface area (Å²) in [6.45, 7) is 1.99. The van der Waals surface area contributed by atoms with Crippen LogP contribution in [0.1, 0.15) is 18.4 Å². The zero-order valence-corrected chi connectivity index (χ0v) is 9.23. The molecule has 0 atom stereocenters. The Kier molecular flexibility index (Phi) is 2.60. The summed E-state index contributed by atoms with van der Waals surface area (Å²) in [5, 5.41) is 4.53. The summed E-state index contributed by atoms with van der Waals surface area (Å²) in [4.78, 5) is 0. The van der Waals surface area contributed by atoms with Gasteiger partial charge in [0.05, 0.1) is 6.10 Å². The molecular formula is C9H15N3OS. The zero-order valence-electron chi connectivity index (χ0n) is 8.41. The van der Waals surface area contributed by atoms with E-state index in [1.165, 1.54) is 11.5 Å². The van der Waals surface area contributed by atoms with Gasteiger partial charge in [-0.15, -0.1) is 0 Å². The van der Waals surface area contributed by atoms with Gasteiger partial charge in [0.25, 0.3) is 0 Å². The van der Waals surface area contributed by atoms with Crippen LogP contribution in [-0.2, 0) is 4.74 Å². The van der Waals surface area contributed by atoms with Crippen LogP contribution in [0, 0.1) is 6.92 Å². The Balaban J connectivity index is 1.90. The highest BCUT2D eigenvalue weighted by atomic mass is 32.1. The zero-order chi connectivity index (χ0) is 10.1. The maximum Gasteiger partial charge on any atom is 0.142 e. The minimum atomic E-state index is 0.429. The molecule has 1 aromatic heterocycles. The quantitative estimate of drug-likeness (QED) is 0.801. The minimum Gasteiger partial charge on any atom is -0.383 e. The van der Waals surface area contributed by atoms with Gasteiger partial charge < -0.3 is 15.8 Å². The van der Waals surface area contributed by atoms with Crippen LogP contribution in [0.5, 0.6) is 0 Å². The second-order valence-electron chi connectivity index (χ2n) is 3.69. The van der Waals surface area contributed by atoms with Crippen molar-refractivity contribution in [1.82, 2.24) is 4.37 Å². The van der Waals surface area contributed by atoms with Gasteiger partial charge in [-0.05, 0) is 31.3 Å². The maximum absolute atomic E-state index is 5.66. The van der Waals surface area contributed by atoms with Crippen LogP contribution in [0.25, 0.3) is 0 Å². The SMILES string of the molecule is COC1CC(Nc2snc(N)c2C)C1. The van der Waals surface area contributed by atoms with Crippen LogP contribution in [0.15, 0.2) is 0 Å². The van der Waals surface area contributed by atoms with E-state index >= 15 is 0 Å². The van der Waals surface area contributed by atoms with Crippen molar-refractivity contribution in [1.29, 1.82) is 0 Å². The Bertz CT molecular complexity index is 320.